The van der Waals surface area contributed by atoms with Crippen LogP contribution in [0.15, 0.2) is 9.72 Å². The quantitative estimate of drug-likeness (QED) is 0.864. The predicted octanol–water partition coefficient (Wildman–Crippen LogP) is 2.43. The molecule has 0 bridgehead atoms. The van der Waals surface area contributed by atoms with Gasteiger partial charge in [-0.1, -0.05) is 26.7 Å². The van der Waals surface area contributed by atoms with Crippen LogP contribution in [0.2, 0.25) is 0 Å². The minimum Gasteiger partial charge on any atom is -0.476 e. The molecule has 1 aromatic heterocycles. The Morgan fingerprint density at radius 2 is 2.10 bits per heavy atom. The van der Waals surface area contributed by atoms with Crippen LogP contribution in [0.4, 0.5) is 0 Å². The first kappa shape index (κ1) is 16.4. The molecular formula is C13H20N2O4S2. The van der Waals surface area contributed by atoms with Crippen LogP contribution in [0.25, 0.3) is 0 Å². The van der Waals surface area contributed by atoms with Crippen molar-refractivity contribution >= 4 is 27.3 Å². The average Bonchev–Trinajstić information content (AvgIpc) is 3.06. The van der Waals surface area contributed by atoms with E-state index in [0.717, 1.165) is 37.0 Å². The van der Waals surface area contributed by atoms with Crippen molar-refractivity contribution in [2.24, 2.45) is 5.92 Å². The van der Waals surface area contributed by atoms with Gasteiger partial charge in [0.1, 0.15) is 0 Å². The van der Waals surface area contributed by atoms with Gasteiger partial charge in [-0.25, -0.2) is 18.2 Å². The monoisotopic (exact) mass is 332 g/mol. The normalized spacial score (nSPS) is 17.0. The lowest BCUT2D eigenvalue weighted by Gasteiger charge is -2.29. The highest BCUT2D eigenvalue weighted by molar-refractivity contribution is 7.91. The fourth-order valence-electron chi connectivity index (χ4n) is 2.66. The summed E-state index contributed by atoms with van der Waals surface area (Å²) in [7, 11) is -3.80. The summed E-state index contributed by atoms with van der Waals surface area (Å²) in [5, 5.41) is 9.11. The third-order valence-corrected chi connectivity index (χ3v) is 6.82. The molecule has 1 aliphatic carbocycles. The number of rotatable bonds is 6. The van der Waals surface area contributed by atoms with Crippen molar-refractivity contribution in [2.75, 3.05) is 6.54 Å². The van der Waals surface area contributed by atoms with Crippen molar-refractivity contribution in [3.63, 3.8) is 0 Å². The fourth-order valence-corrected chi connectivity index (χ4v) is 5.77. The van der Waals surface area contributed by atoms with E-state index in [2.05, 4.69) is 4.98 Å². The van der Waals surface area contributed by atoms with Crippen molar-refractivity contribution < 1.29 is 18.3 Å². The molecule has 0 atom stereocenters. The van der Waals surface area contributed by atoms with Crippen LogP contribution in [0.1, 0.15) is 50.0 Å². The van der Waals surface area contributed by atoms with Gasteiger partial charge in [0, 0.05) is 12.6 Å². The van der Waals surface area contributed by atoms with Gasteiger partial charge in [-0.05, 0) is 18.8 Å². The fraction of sp³-hybridized carbons (Fsp3) is 0.692. The molecule has 1 aliphatic rings. The van der Waals surface area contributed by atoms with Crippen LogP contribution in [0, 0.1) is 5.92 Å². The molecule has 2 rings (SSSR count). The summed E-state index contributed by atoms with van der Waals surface area (Å²) in [5.41, 5.74) is 0.908. The number of carboxylic acid groups (broad SMARTS) is 1. The summed E-state index contributed by atoms with van der Waals surface area (Å²) >= 11 is 0.877. The molecule has 1 aromatic rings. The maximum Gasteiger partial charge on any atom is 0.356 e. The molecule has 0 radical (unpaired) electrons. The average molecular weight is 332 g/mol. The van der Waals surface area contributed by atoms with Gasteiger partial charge in [0.25, 0.3) is 10.0 Å². The Labute approximate surface area is 128 Å². The van der Waals surface area contributed by atoms with Crippen LogP contribution >= 0.6 is 11.3 Å². The summed E-state index contributed by atoms with van der Waals surface area (Å²) in [4.78, 5) is 14.8. The van der Waals surface area contributed by atoms with Crippen molar-refractivity contribution in [3.05, 3.63) is 11.2 Å². The predicted molar refractivity (Wildman–Crippen MR) is 80.1 cm³/mol. The number of thiazole rings is 1. The molecule has 21 heavy (non-hydrogen) atoms. The number of nitrogens with zero attached hydrogens (tertiary/aromatic N) is 2. The smallest absolute Gasteiger partial charge is 0.356 e. The molecule has 0 spiro atoms. The Hall–Kier alpha value is -0.990. The second-order valence-corrected chi connectivity index (χ2v) is 8.64. The minimum atomic E-state index is -3.80. The molecular weight excluding hydrogens is 312 g/mol. The molecule has 1 N–H and O–H groups in total. The summed E-state index contributed by atoms with van der Waals surface area (Å²) < 4.78 is 27.1. The maximum atomic E-state index is 12.9. The van der Waals surface area contributed by atoms with Gasteiger partial charge in [0.2, 0.25) is 0 Å². The SMILES string of the molecule is CC(C)CN(C1CCCC1)S(=O)(=O)c1scnc1C(=O)O. The van der Waals surface area contributed by atoms with Crippen LogP contribution in [0.3, 0.4) is 0 Å². The van der Waals surface area contributed by atoms with E-state index in [4.69, 9.17) is 5.11 Å². The van der Waals surface area contributed by atoms with E-state index in [1.807, 2.05) is 13.8 Å². The summed E-state index contributed by atoms with van der Waals surface area (Å²) in [6, 6.07) is -0.0267. The molecule has 6 nitrogen and oxygen atoms in total. The van der Waals surface area contributed by atoms with Gasteiger partial charge >= 0.3 is 5.97 Å². The first-order chi connectivity index (χ1) is 9.84. The van der Waals surface area contributed by atoms with E-state index in [-0.39, 0.29) is 21.9 Å². The van der Waals surface area contributed by atoms with Gasteiger partial charge in [0.15, 0.2) is 9.90 Å². The van der Waals surface area contributed by atoms with E-state index < -0.39 is 16.0 Å². The minimum absolute atomic E-state index is 0.0267. The van der Waals surface area contributed by atoms with E-state index in [9.17, 15) is 13.2 Å². The molecule has 0 amide bonds. The van der Waals surface area contributed by atoms with E-state index >= 15 is 0 Å². The second kappa shape index (κ2) is 6.41. The van der Waals surface area contributed by atoms with E-state index in [1.165, 1.54) is 9.82 Å². The molecule has 0 saturated heterocycles. The van der Waals surface area contributed by atoms with Gasteiger partial charge in [-0.3, -0.25) is 0 Å². The number of carboxylic acids is 1. The molecule has 118 valence electrons. The maximum absolute atomic E-state index is 12.9. The van der Waals surface area contributed by atoms with Gasteiger partial charge in [-0.15, -0.1) is 11.3 Å². The van der Waals surface area contributed by atoms with Crippen molar-refractivity contribution in [2.45, 2.75) is 49.8 Å². The van der Waals surface area contributed by atoms with Crippen molar-refractivity contribution in [3.8, 4) is 0 Å². The van der Waals surface area contributed by atoms with Crippen LogP contribution < -0.4 is 0 Å². The third kappa shape index (κ3) is 3.44. The van der Waals surface area contributed by atoms with Crippen molar-refractivity contribution in [1.82, 2.24) is 9.29 Å². The highest BCUT2D eigenvalue weighted by Gasteiger charge is 2.37. The summed E-state index contributed by atoms with van der Waals surface area (Å²) in [5.74, 6) is -1.12. The largest absolute Gasteiger partial charge is 0.476 e. The Bertz CT molecular complexity index is 603. The molecule has 0 aromatic carbocycles. The van der Waals surface area contributed by atoms with Crippen molar-refractivity contribution in [1.29, 1.82) is 0 Å². The zero-order valence-electron chi connectivity index (χ0n) is 12.2. The Balaban J connectivity index is 2.41. The third-order valence-electron chi connectivity index (χ3n) is 3.56. The molecule has 0 unspecified atom stereocenters. The van der Waals surface area contributed by atoms with Crippen LogP contribution in [0.5, 0.6) is 0 Å². The number of aromatic nitrogens is 1. The van der Waals surface area contributed by atoms with E-state index in [0.29, 0.717) is 6.54 Å². The number of carbonyl (C=O) groups is 1. The summed E-state index contributed by atoms with van der Waals surface area (Å²) in [6.07, 6.45) is 3.72. The number of hydrogen-bond donors (Lipinski definition) is 1. The molecule has 1 saturated carbocycles. The zero-order chi connectivity index (χ0) is 15.6. The van der Waals surface area contributed by atoms with Crippen LogP contribution in [-0.4, -0.2) is 41.4 Å². The Morgan fingerprint density at radius 3 is 2.62 bits per heavy atom. The number of aromatic carboxylic acids is 1. The topological polar surface area (TPSA) is 87.6 Å². The van der Waals surface area contributed by atoms with Gasteiger partial charge < -0.3 is 5.11 Å². The first-order valence-electron chi connectivity index (χ1n) is 7.02. The highest BCUT2D eigenvalue weighted by Crippen LogP contribution is 2.32. The van der Waals surface area contributed by atoms with Crippen LogP contribution in [-0.2, 0) is 10.0 Å². The lowest BCUT2D eigenvalue weighted by atomic mass is 10.2. The van der Waals surface area contributed by atoms with Gasteiger partial charge in [-0.2, -0.15) is 4.31 Å². The number of hydrogen-bond acceptors (Lipinski definition) is 5. The highest BCUT2D eigenvalue weighted by atomic mass is 32.2. The Morgan fingerprint density at radius 1 is 1.48 bits per heavy atom. The zero-order valence-corrected chi connectivity index (χ0v) is 13.8. The molecule has 1 fully saturated rings. The first-order valence-corrected chi connectivity index (χ1v) is 9.34. The Kier molecular flexibility index (Phi) is 5.00. The molecule has 1 heterocycles. The number of sulfonamides is 1. The lowest BCUT2D eigenvalue weighted by Crippen LogP contribution is -2.41. The van der Waals surface area contributed by atoms with Gasteiger partial charge in [0.05, 0.1) is 5.51 Å². The lowest BCUT2D eigenvalue weighted by molar-refractivity contribution is 0.0687. The molecule has 8 heteroatoms. The second-order valence-electron chi connectivity index (χ2n) is 5.70. The summed E-state index contributed by atoms with van der Waals surface area (Å²) in [6.45, 7) is 4.33. The molecule has 0 aliphatic heterocycles. The van der Waals surface area contributed by atoms with E-state index in [1.54, 1.807) is 0 Å². The standard InChI is InChI=1S/C13H20N2O4S2/c1-9(2)7-15(10-5-3-4-6-10)21(18,19)13-11(12(16)17)14-8-20-13/h8-10H,3-7H2,1-2H3,(H,16,17).